The number of nitro groups is 1. The zero-order valence-corrected chi connectivity index (χ0v) is 11.0. The molecule has 0 aliphatic rings. The van der Waals surface area contributed by atoms with E-state index < -0.39 is 4.92 Å². The number of nitrogens with zero attached hydrogens (tertiary/aromatic N) is 1. The lowest BCUT2D eigenvalue weighted by molar-refractivity contribution is -0.384. The number of nitrogens with one attached hydrogen (secondary N) is 1. The monoisotopic (exact) mass is 273 g/mol. The summed E-state index contributed by atoms with van der Waals surface area (Å²) in [4.78, 5) is 11.6. The summed E-state index contributed by atoms with van der Waals surface area (Å²) < 4.78 is 0. The first-order chi connectivity index (χ1) is 9.27. The smallest absolute Gasteiger partial charge is 0.292 e. The second-order valence-corrected chi connectivity index (χ2v) is 4.96. The fraction of sp³-hybridized carbons (Fsp3) is 0.143. The van der Waals surface area contributed by atoms with Crippen LogP contribution in [-0.4, -0.2) is 17.2 Å². The van der Waals surface area contributed by atoms with E-state index in [0.29, 0.717) is 12.2 Å². The topological polar surface area (TPSA) is 55.2 Å². The van der Waals surface area contributed by atoms with Gasteiger partial charge in [0.05, 0.1) is 4.92 Å². The van der Waals surface area contributed by atoms with E-state index in [1.165, 1.54) is 11.0 Å². The van der Waals surface area contributed by atoms with Crippen molar-refractivity contribution in [2.45, 2.75) is 4.90 Å². The molecule has 0 fully saturated rings. The molecular formula is C14H13N2O2S. The molecule has 0 aliphatic heterocycles. The van der Waals surface area contributed by atoms with Crippen molar-refractivity contribution in [3.05, 3.63) is 64.7 Å². The van der Waals surface area contributed by atoms with Gasteiger partial charge in [0.25, 0.3) is 5.69 Å². The minimum Gasteiger partial charge on any atom is -0.379 e. The molecule has 5 heteroatoms. The van der Waals surface area contributed by atoms with Crippen LogP contribution in [0.3, 0.4) is 0 Å². The number of anilines is 1. The quantitative estimate of drug-likeness (QED) is 0.378. The highest BCUT2D eigenvalue weighted by atomic mass is 32.2. The first-order valence-corrected chi connectivity index (χ1v) is 6.82. The Morgan fingerprint density at radius 2 is 2.05 bits per heavy atom. The van der Waals surface area contributed by atoms with Crippen molar-refractivity contribution in [1.29, 1.82) is 0 Å². The van der Waals surface area contributed by atoms with Crippen LogP contribution in [-0.2, 0) is 0 Å². The molecule has 0 heterocycles. The zero-order chi connectivity index (χ0) is 13.5. The van der Waals surface area contributed by atoms with Gasteiger partial charge in [0.2, 0.25) is 0 Å². The average molecular weight is 273 g/mol. The first kappa shape index (κ1) is 13.4. The number of hydrogen-bond acceptors (Lipinski definition) is 4. The maximum Gasteiger partial charge on any atom is 0.292 e. The maximum atomic E-state index is 10.8. The highest BCUT2D eigenvalue weighted by molar-refractivity contribution is 7.99. The Hall–Kier alpha value is -2.01. The van der Waals surface area contributed by atoms with Crippen molar-refractivity contribution in [1.82, 2.24) is 0 Å². The minimum atomic E-state index is -0.400. The molecule has 0 saturated heterocycles. The fourth-order valence-corrected chi connectivity index (χ4v) is 2.38. The minimum absolute atomic E-state index is 0.0622. The lowest BCUT2D eigenvalue weighted by Crippen LogP contribution is -2.06. The van der Waals surface area contributed by atoms with Crippen molar-refractivity contribution >= 4 is 23.1 Å². The molecule has 0 aromatic heterocycles. The normalized spacial score (nSPS) is 10.1. The standard InChI is InChI=1S/C14H13N2O2S/c17-16(18)14-9-5-4-8-13(14)15-10-11-19-12-6-2-1-3-7-12/h1-4,6-9,15H,10-11H2. The summed E-state index contributed by atoms with van der Waals surface area (Å²) in [6, 6.07) is 17.5. The third-order valence-corrected chi connectivity index (χ3v) is 3.48. The average Bonchev–Trinajstić information content (AvgIpc) is 2.45. The molecule has 2 rings (SSSR count). The molecule has 0 saturated carbocycles. The third kappa shape index (κ3) is 3.99. The molecule has 0 aliphatic carbocycles. The molecule has 0 spiro atoms. The van der Waals surface area contributed by atoms with Crippen molar-refractivity contribution in [3.8, 4) is 0 Å². The predicted octanol–water partition coefficient (Wildman–Crippen LogP) is 3.60. The summed E-state index contributed by atoms with van der Waals surface area (Å²) in [5.74, 6) is 0.847. The van der Waals surface area contributed by atoms with Gasteiger partial charge in [0, 0.05) is 23.3 Å². The van der Waals surface area contributed by atoms with Gasteiger partial charge >= 0.3 is 0 Å². The maximum absolute atomic E-state index is 10.8. The molecule has 0 atom stereocenters. The van der Waals surface area contributed by atoms with Crippen LogP contribution in [0, 0.1) is 16.2 Å². The lowest BCUT2D eigenvalue weighted by atomic mass is 10.2. The van der Waals surface area contributed by atoms with Crippen molar-refractivity contribution in [3.63, 3.8) is 0 Å². The molecule has 19 heavy (non-hydrogen) atoms. The highest BCUT2D eigenvalue weighted by Crippen LogP contribution is 2.23. The zero-order valence-electron chi connectivity index (χ0n) is 10.2. The summed E-state index contributed by atoms with van der Waals surface area (Å²) in [6.07, 6.45) is 0. The number of benzene rings is 2. The predicted molar refractivity (Wildman–Crippen MR) is 77.6 cm³/mol. The van der Waals surface area contributed by atoms with Crippen molar-refractivity contribution in [2.75, 3.05) is 17.6 Å². The van der Waals surface area contributed by atoms with Crippen LogP contribution in [0.4, 0.5) is 11.4 Å². The van der Waals surface area contributed by atoms with Gasteiger partial charge in [-0.05, 0) is 24.3 Å². The van der Waals surface area contributed by atoms with Gasteiger partial charge in [-0.15, -0.1) is 11.8 Å². The molecule has 0 unspecified atom stereocenters. The van der Waals surface area contributed by atoms with E-state index in [0.717, 1.165) is 5.75 Å². The molecule has 1 radical (unpaired) electrons. The highest BCUT2D eigenvalue weighted by Gasteiger charge is 2.11. The lowest BCUT2D eigenvalue weighted by Gasteiger charge is -2.06. The Morgan fingerprint density at radius 1 is 1.26 bits per heavy atom. The second kappa shape index (κ2) is 6.80. The van der Waals surface area contributed by atoms with E-state index in [1.54, 1.807) is 23.9 Å². The summed E-state index contributed by atoms with van der Waals surface area (Å²) in [5.41, 5.74) is 0.602. The largest absolute Gasteiger partial charge is 0.379 e. The van der Waals surface area contributed by atoms with E-state index in [1.807, 2.05) is 30.3 Å². The van der Waals surface area contributed by atoms with Crippen LogP contribution in [0.25, 0.3) is 0 Å². The Bertz CT molecular complexity index is 546. The number of hydrogen-bond donors (Lipinski definition) is 1. The van der Waals surface area contributed by atoms with Gasteiger partial charge in [-0.1, -0.05) is 24.3 Å². The molecule has 1 N–H and O–H groups in total. The van der Waals surface area contributed by atoms with Gasteiger partial charge in [-0.25, -0.2) is 0 Å². The summed E-state index contributed by atoms with van der Waals surface area (Å²) in [7, 11) is 0. The number of rotatable bonds is 6. The van der Waals surface area contributed by atoms with Gasteiger partial charge in [0.15, 0.2) is 0 Å². The van der Waals surface area contributed by atoms with E-state index >= 15 is 0 Å². The molecule has 97 valence electrons. The summed E-state index contributed by atoms with van der Waals surface area (Å²) in [6.45, 7) is 0.671. The third-order valence-electron chi connectivity index (χ3n) is 2.47. The van der Waals surface area contributed by atoms with E-state index in [-0.39, 0.29) is 5.69 Å². The van der Waals surface area contributed by atoms with Gasteiger partial charge in [-0.3, -0.25) is 10.1 Å². The van der Waals surface area contributed by atoms with Crippen LogP contribution in [0.5, 0.6) is 0 Å². The van der Waals surface area contributed by atoms with Crippen LogP contribution in [0.2, 0.25) is 0 Å². The van der Waals surface area contributed by atoms with E-state index in [2.05, 4.69) is 11.4 Å². The SMILES string of the molecule is O=[N+]([O-])c1c[c]ccc1NCCSc1ccccc1. The first-order valence-electron chi connectivity index (χ1n) is 5.83. The van der Waals surface area contributed by atoms with Gasteiger partial charge < -0.3 is 5.32 Å². The Kier molecular flexibility index (Phi) is 4.80. The van der Waals surface area contributed by atoms with E-state index in [9.17, 15) is 10.1 Å². The number of thioether (sulfide) groups is 1. The molecule has 4 nitrogen and oxygen atoms in total. The van der Waals surface area contributed by atoms with Gasteiger partial charge in [-0.2, -0.15) is 0 Å². The molecule has 2 aromatic rings. The molecular weight excluding hydrogens is 260 g/mol. The Labute approximate surface area is 116 Å². The van der Waals surface area contributed by atoms with Crippen LogP contribution < -0.4 is 5.32 Å². The summed E-state index contributed by atoms with van der Waals surface area (Å²) in [5, 5.41) is 13.9. The van der Waals surface area contributed by atoms with Crippen LogP contribution >= 0.6 is 11.8 Å². The van der Waals surface area contributed by atoms with Crippen LogP contribution in [0.1, 0.15) is 0 Å². The van der Waals surface area contributed by atoms with Crippen LogP contribution in [0.15, 0.2) is 53.4 Å². The Balaban J connectivity index is 1.85. The van der Waals surface area contributed by atoms with Crippen molar-refractivity contribution in [2.24, 2.45) is 0 Å². The van der Waals surface area contributed by atoms with Gasteiger partial charge in [0.1, 0.15) is 5.69 Å². The Morgan fingerprint density at radius 3 is 2.79 bits per heavy atom. The van der Waals surface area contributed by atoms with Crippen molar-refractivity contribution < 1.29 is 4.92 Å². The summed E-state index contributed by atoms with van der Waals surface area (Å²) >= 11 is 1.71. The van der Waals surface area contributed by atoms with E-state index in [4.69, 9.17) is 0 Å². The fourth-order valence-electron chi connectivity index (χ4n) is 1.59. The number of nitro benzene ring substituents is 1. The second-order valence-electron chi connectivity index (χ2n) is 3.79. The molecule has 0 bridgehead atoms. The molecule has 0 amide bonds. The molecule has 2 aromatic carbocycles.